The van der Waals surface area contributed by atoms with Gasteiger partial charge >= 0.3 is 0 Å². The first-order valence-corrected chi connectivity index (χ1v) is 15.5. The molecular weight excluding hydrogens is 555 g/mol. The van der Waals surface area contributed by atoms with Crippen LogP contribution in [-0.2, 0) is 12.8 Å². The zero-order chi connectivity index (χ0) is 27.9. The lowest BCUT2D eigenvalue weighted by molar-refractivity contribution is 0.171. The van der Waals surface area contributed by atoms with Crippen LogP contribution in [0.15, 0.2) is 48.8 Å². The van der Waals surface area contributed by atoms with E-state index in [1.165, 1.54) is 11.1 Å². The molecule has 0 saturated carbocycles. The molecule has 0 fully saturated rings. The first kappa shape index (κ1) is 26.0. The molecule has 41 heavy (non-hydrogen) atoms. The molecule has 2 aliphatic heterocycles. The Hall–Kier alpha value is -3.95. The molecule has 5 aromatic rings. The third-order valence-corrected chi connectivity index (χ3v) is 9.67. The molecule has 0 N–H and O–H groups in total. The summed E-state index contributed by atoms with van der Waals surface area (Å²) in [6.07, 6.45) is 5.53. The molecule has 2 aliphatic rings. The topological polar surface area (TPSA) is 75.6 Å². The minimum absolute atomic E-state index is 0.503. The van der Waals surface area contributed by atoms with Gasteiger partial charge in [-0.3, -0.25) is 9.97 Å². The highest BCUT2D eigenvalue weighted by Crippen LogP contribution is 2.59. The van der Waals surface area contributed by atoms with E-state index < -0.39 is 0 Å². The van der Waals surface area contributed by atoms with Gasteiger partial charge in [0, 0.05) is 17.3 Å². The van der Waals surface area contributed by atoms with Gasteiger partial charge in [-0.1, -0.05) is 13.8 Å². The van der Waals surface area contributed by atoms with E-state index in [2.05, 4.69) is 50.0 Å². The summed E-state index contributed by atoms with van der Waals surface area (Å²) in [5.74, 6) is 3.16. The van der Waals surface area contributed by atoms with Crippen LogP contribution in [0.25, 0.3) is 43.0 Å². The Morgan fingerprint density at radius 3 is 1.83 bits per heavy atom. The maximum atomic E-state index is 6.22. The van der Waals surface area contributed by atoms with Crippen molar-refractivity contribution in [2.75, 3.05) is 26.4 Å². The average Bonchev–Trinajstić information content (AvgIpc) is 3.58. The fourth-order valence-corrected chi connectivity index (χ4v) is 7.49. The first-order chi connectivity index (χ1) is 20.1. The summed E-state index contributed by atoms with van der Waals surface area (Å²) in [6, 6.07) is 12.5. The Kier molecular flexibility index (Phi) is 6.84. The molecule has 0 radical (unpaired) electrons. The number of pyridine rings is 3. The quantitative estimate of drug-likeness (QED) is 0.203. The Bertz CT molecular complexity index is 1760. The predicted molar refractivity (Wildman–Crippen MR) is 163 cm³/mol. The van der Waals surface area contributed by atoms with Gasteiger partial charge < -0.3 is 18.9 Å². The summed E-state index contributed by atoms with van der Waals surface area (Å²) in [6.45, 7) is 8.47. The van der Waals surface area contributed by atoms with Crippen molar-refractivity contribution in [2.24, 2.45) is 0 Å². The van der Waals surface area contributed by atoms with Crippen LogP contribution in [-0.4, -0.2) is 41.4 Å². The van der Waals surface area contributed by atoms with E-state index in [4.69, 9.17) is 28.9 Å². The van der Waals surface area contributed by atoms with Crippen molar-refractivity contribution in [1.29, 1.82) is 0 Å². The number of aromatic nitrogens is 3. The molecule has 0 saturated heterocycles. The zero-order valence-corrected chi connectivity index (χ0v) is 24.8. The van der Waals surface area contributed by atoms with Crippen molar-refractivity contribution in [3.05, 3.63) is 64.8 Å². The van der Waals surface area contributed by atoms with Crippen LogP contribution in [0.5, 0.6) is 23.0 Å². The molecule has 7 nitrogen and oxygen atoms in total. The fourth-order valence-electron chi connectivity index (χ4n) is 5.13. The molecule has 7 heterocycles. The summed E-state index contributed by atoms with van der Waals surface area (Å²) >= 11 is 3.32. The first-order valence-electron chi connectivity index (χ1n) is 13.9. The number of hydrogen-bond donors (Lipinski definition) is 0. The minimum atomic E-state index is 0.503. The number of ether oxygens (including phenoxy) is 4. The lowest BCUT2D eigenvalue weighted by atomic mass is 10.1. The standard InChI is InChI=1S/C32H29N3O4S2/c1-4-19-6-8-33-22(14-19)24-15-20(5-2)16-25(35-24)23-17-21(7-9-34-23)30-28-29(39-13-12-38-28)32(41-30)31-27-26(18(3)40-31)36-10-11-37-27/h6-9,14-17H,4-5,10-13H2,1-3H3. The van der Waals surface area contributed by atoms with Gasteiger partial charge in [0.1, 0.15) is 26.4 Å². The van der Waals surface area contributed by atoms with Crippen LogP contribution < -0.4 is 18.9 Å². The summed E-state index contributed by atoms with van der Waals surface area (Å²) in [4.78, 5) is 18.5. The largest absolute Gasteiger partial charge is 0.485 e. The van der Waals surface area contributed by atoms with Crippen molar-refractivity contribution in [3.63, 3.8) is 0 Å². The molecule has 5 aromatic heterocycles. The second kappa shape index (κ2) is 10.8. The highest BCUT2D eigenvalue weighted by Gasteiger charge is 2.32. The van der Waals surface area contributed by atoms with Crippen LogP contribution in [0.1, 0.15) is 29.9 Å². The summed E-state index contributed by atoms with van der Waals surface area (Å²) < 4.78 is 24.4. The van der Waals surface area contributed by atoms with E-state index in [9.17, 15) is 0 Å². The van der Waals surface area contributed by atoms with Gasteiger partial charge in [-0.05, 0) is 72.9 Å². The average molecular weight is 584 g/mol. The zero-order valence-electron chi connectivity index (χ0n) is 23.2. The molecule has 0 bridgehead atoms. The lowest BCUT2D eigenvalue weighted by Crippen LogP contribution is -2.15. The summed E-state index contributed by atoms with van der Waals surface area (Å²) in [5, 5.41) is 0. The van der Waals surface area contributed by atoms with Gasteiger partial charge in [0.2, 0.25) is 0 Å². The van der Waals surface area contributed by atoms with E-state index >= 15 is 0 Å². The third-order valence-electron chi connectivity index (χ3n) is 7.24. The molecule has 208 valence electrons. The van der Waals surface area contributed by atoms with Crippen molar-refractivity contribution in [2.45, 2.75) is 33.6 Å². The van der Waals surface area contributed by atoms with E-state index in [1.807, 2.05) is 24.5 Å². The third kappa shape index (κ3) is 4.73. The maximum Gasteiger partial charge on any atom is 0.181 e. The molecule has 0 amide bonds. The predicted octanol–water partition coefficient (Wildman–Crippen LogP) is 7.64. The van der Waals surface area contributed by atoms with Crippen molar-refractivity contribution in [1.82, 2.24) is 15.0 Å². The molecule has 0 spiro atoms. The monoisotopic (exact) mass is 583 g/mol. The number of fused-ring (bicyclic) bond motifs is 2. The van der Waals surface area contributed by atoms with Crippen LogP contribution in [0.2, 0.25) is 0 Å². The molecule has 0 unspecified atom stereocenters. The van der Waals surface area contributed by atoms with Gasteiger partial charge in [-0.25, -0.2) is 4.98 Å². The minimum Gasteiger partial charge on any atom is -0.485 e. The van der Waals surface area contributed by atoms with Crippen LogP contribution >= 0.6 is 22.7 Å². The lowest BCUT2D eigenvalue weighted by Gasteiger charge is -2.18. The van der Waals surface area contributed by atoms with Crippen molar-refractivity contribution < 1.29 is 18.9 Å². The van der Waals surface area contributed by atoms with Gasteiger partial charge in [0.25, 0.3) is 0 Å². The number of thiophene rings is 2. The highest BCUT2D eigenvalue weighted by molar-refractivity contribution is 7.25. The number of aryl methyl sites for hydroxylation is 3. The number of rotatable bonds is 6. The molecule has 9 heteroatoms. The molecule has 7 rings (SSSR count). The van der Waals surface area contributed by atoms with Crippen LogP contribution in [0.3, 0.4) is 0 Å². The Morgan fingerprint density at radius 2 is 1.15 bits per heavy atom. The normalized spacial score (nSPS) is 13.8. The van der Waals surface area contributed by atoms with Gasteiger partial charge in [-0.2, -0.15) is 0 Å². The highest BCUT2D eigenvalue weighted by atomic mass is 32.1. The SMILES string of the molecule is CCc1ccnc(-c2cc(CC)cc(-c3cc(-c4sc(-c5sc(C)c6c5OCCO6)c5c4OCCO5)ccn3)n2)c1. The van der Waals surface area contributed by atoms with Crippen molar-refractivity contribution in [3.8, 4) is 66.0 Å². The molecule has 0 aromatic carbocycles. The number of hydrogen-bond acceptors (Lipinski definition) is 9. The number of nitrogens with zero attached hydrogens (tertiary/aromatic N) is 3. The second-order valence-electron chi connectivity index (χ2n) is 9.89. The Labute approximate surface area is 246 Å². The van der Waals surface area contributed by atoms with Crippen LogP contribution in [0, 0.1) is 6.92 Å². The van der Waals surface area contributed by atoms with Crippen LogP contribution in [0.4, 0.5) is 0 Å². The fraction of sp³-hybridized carbons (Fsp3) is 0.281. The molecular formula is C32H29N3O4S2. The smallest absolute Gasteiger partial charge is 0.181 e. The van der Waals surface area contributed by atoms with Gasteiger partial charge in [-0.15, -0.1) is 22.7 Å². The van der Waals surface area contributed by atoms with Crippen molar-refractivity contribution >= 4 is 22.7 Å². The maximum absolute atomic E-state index is 6.22. The van der Waals surface area contributed by atoms with E-state index in [-0.39, 0.29) is 0 Å². The Balaban J connectivity index is 1.33. The summed E-state index contributed by atoms with van der Waals surface area (Å²) in [5.41, 5.74) is 6.78. The second-order valence-corrected chi connectivity index (χ2v) is 12.1. The molecule has 0 atom stereocenters. The van der Waals surface area contributed by atoms with E-state index in [0.717, 1.165) is 83.7 Å². The molecule has 0 aliphatic carbocycles. The summed E-state index contributed by atoms with van der Waals surface area (Å²) in [7, 11) is 0. The van der Waals surface area contributed by atoms with E-state index in [0.29, 0.717) is 26.4 Å². The Morgan fingerprint density at radius 1 is 0.610 bits per heavy atom. The van der Waals surface area contributed by atoms with Gasteiger partial charge in [0.05, 0.1) is 37.4 Å². The van der Waals surface area contributed by atoms with Gasteiger partial charge in [0.15, 0.2) is 23.0 Å². The van der Waals surface area contributed by atoms with E-state index in [1.54, 1.807) is 22.7 Å².